The van der Waals surface area contributed by atoms with E-state index in [9.17, 15) is 4.79 Å². The van der Waals surface area contributed by atoms with E-state index in [2.05, 4.69) is 18.0 Å². The number of aromatic carboxylic acids is 1. The van der Waals surface area contributed by atoms with Gasteiger partial charge in [-0.25, -0.2) is 4.79 Å². The Hall–Kier alpha value is -2.20. The van der Waals surface area contributed by atoms with Crippen molar-refractivity contribution in [1.82, 2.24) is 9.88 Å². The minimum absolute atomic E-state index is 0.294. The molecule has 4 heteroatoms. The van der Waals surface area contributed by atoms with Crippen LogP contribution in [0.4, 0.5) is 0 Å². The van der Waals surface area contributed by atoms with Crippen LogP contribution in [-0.2, 0) is 6.42 Å². The fraction of sp³-hybridized carbons (Fsp3) is 0.333. The molecule has 0 aliphatic carbocycles. The fourth-order valence-corrected chi connectivity index (χ4v) is 3.05. The van der Waals surface area contributed by atoms with Crippen molar-refractivity contribution in [3.63, 3.8) is 0 Å². The quantitative estimate of drug-likeness (QED) is 0.942. The van der Waals surface area contributed by atoms with Gasteiger partial charge in [0.05, 0.1) is 11.3 Å². The molecule has 1 N–H and O–H groups in total. The molecule has 1 aromatic carbocycles. The molecule has 0 bridgehead atoms. The number of carbonyl (C=O) groups is 1. The van der Waals surface area contributed by atoms with Crippen LogP contribution in [0.2, 0.25) is 0 Å². The zero-order valence-corrected chi connectivity index (χ0v) is 12.7. The maximum atomic E-state index is 11.1. The summed E-state index contributed by atoms with van der Waals surface area (Å²) in [6, 6.07) is 12.9. The lowest BCUT2D eigenvalue weighted by atomic mass is 10.0. The number of carboxylic acid groups (broad SMARTS) is 1. The van der Waals surface area contributed by atoms with Crippen LogP contribution in [0.1, 0.15) is 22.5 Å². The number of hydrogen-bond donors (Lipinski definition) is 1. The van der Waals surface area contributed by atoms with Crippen LogP contribution >= 0.6 is 0 Å². The van der Waals surface area contributed by atoms with Crippen molar-refractivity contribution in [2.75, 3.05) is 20.1 Å². The second-order valence-electron chi connectivity index (χ2n) is 6.02. The fourth-order valence-electron chi connectivity index (χ4n) is 3.05. The molecule has 1 aliphatic heterocycles. The van der Waals surface area contributed by atoms with E-state index in [1.807, 2.05) is 18.2 Å². The maximum Gasteiger partial charge on any atom is 0.335 e. The molecule has 2 heterocycles. The molecule has 0 spiro atoms. The third-order valence-electron chi connectivity index (χ3n) is 4.20. The molecule has 2 aromatic rings. The lowest BCUT2D eigenvalue weighted by Gasteiger charge is -2.11. The predicted molar refractivity (Wildman–Crippen MR) is 85.9 cm³/mol. The van der Waals surface area contributed by atoms with Crippen molar-refractivity contribution in [3.05, 3.63) is 53.7 Å². The SMILES string of the molecule is CN1CCC(Cc2cccc(-c3cccc(C(=O)O)c3)n2)C1. The standard InChI is InChI=1S/C18H20N2O2/c1-20-9-8-13(12-20)10-16-6-3-7-17(19-16)14-4-2-5-15(11-14)18(21)22/h2-7,11,13H,8-10,12H2,1H3,(H,21,22). The van der Waals surface area contributed by atoms with Crippen molar-refractivity contribution in [1.29, 1.82) is 0 Å². The molecular weight excluding hydrogens is 276 g/mol. The van der Waals surface area contributed by atoms with Crippen molar-refractivity contribution >= 4 is 5.97 Å². The Morgan fingerprint density at radius 2 is 2.14 bits per heavy atom. The smallest absolute Gasteiger partial charge is 0.335 e. The van der Waals surface area contributed by atoms with Gasteiger partial charge in [-0.2, -0.15) is 0 Å². The lowest BCUT2D eigenvalue weighted by molar-refractivity contribution is 0.0697. The van der Waals surface area contributed by atoms with Crippen LogP contribution in [0.15, 0.2) is 42.5 Å². The Morgan fingerprint density at radius 3 is 2.86 bits per heavy atom. The van der Waals surface area contributed by atoms with Gasteiger partial charge in [0.2, 0.25) is 0 Å². The number of hydrogen-bond acceptors (Lipinski definition) is 3. The van der Waals surface area contributed by atoms with Crippen LogP contribution in [0, 0.1) is 5.92 Å². The van der Waals surface area contributed by atoms with E-state index < -0.39 is 5.97 Å². The molecule has 22 heavy (non-hydrogen) atoms. The molecule has 3 rings (SSSR count). The highest BCUT2D eigenvalue weighted by molar-refractivity contribution is 5.89. The summed E-state index contributed by atoms with van der Waals surface area (Å²) in [6.07, 6.45) is 2.20. The molecule has 0 radical (unpaired) electrons. The van der Waals surface area contributed by atoms with E-state index in [1.54, 1.807) is 18.2 Å². The van der Waals surface area contributed by atoms with Gasteiger partial charge >= 0.3 is 5.97 Å². The molecular formula is C18H20N2O2. The Kier molecular flexibility index (Phi) is 4.20. The second-order valence-corrected chi connectivity index (χ2v) is 6.02. The molecule has 4 nitrogen and oxygen atoms in total. The summed E-state index contributed by atoms with van der Waals surface area (Å²) in [6.45, 7) is 2.28. The van der Waals surface area contributed by atoms with Crippen molar-refractivity contribution in [3.8, 4) is 11.3 Å². The summed E-state index contributed by atoms with van der Waals surface area (Å²) in [7, 11) is 2.15. The third-order valence-corrected chi connectivity index (χ3v) is 4.20. The van der Waals surface area contributed by atoms with Gasteiger partial charge < -0.3 is 10.0 Å². The average molecular weight is 296 g/mol. The van der Waals surface area contributed by atoms with E-state index in [-0.39, 0.29) is 0 Å². The summed E-state index contributed by atoms with van der Waals surface area (Å²) in [4.78, 5) is 18.2. The first-order chi connectivity index (χ1) is 10.6. The number of aromatic nitrogens is 1. The zero-order chi connectivity index (χ0) is 15.5. The van der Waals surface area contributed by atoms with Crippen molar-refractivity contribution in [2.45, 2.75) is 12.8 Å². The summed E-state index contributed by atoms with van der Waals surface area (Å²) in [5.74, 6) is -0.245. The normalized spacial score (nSPS) is 18.5. The van der Waals surface area contributed by atoms with Crippen molar-refractivity contribution < 1.29 is 9.90 Å². The van der Waals surface area contributed by atoms with E-state index in [4.69, 9.17) is 10.1 Å². The number of carboxylic acids is 1. The minimum Gasteiger partial charge on any atom is -0.478 e. The highest BCUT2D eigenvalue weighted by Gasteiger charge is 2.20. The number of likely N-dealkylation sites (tertiary alicyclic amines) is 1. The van der Waals surface area contributed by atoms with E-state index in [1.165, 1.54) is 6.42 Å². The maximum absolute atomic E-state index is 11.1. The number of benzene rings is 1. The van der Waals surface area contributed by atoms with E-state index >= 15 is 0 Å². The Morgan fingerprint density at radius 1 is 1.32 bits per heavy atom. The van der Waals surface area contributed by atoms with Crippen LogP contribution in [0.25, 0.3) is 11.3 Å². The highest BCUT2D eigenvalue weighted by Crippen LogP contribution is 2.22. The third kappa shape index (κ3) is 3.34. The molecule has 0 amide bonds. The summed E-state index contributed by atoms with van der Waals surface area (Å²) in [5, 5.41) is 9.10. The first-order valence-electron chi connectivity index (χ1n) is 7.60. The topological polar surface area (TPSA) is 53.4 Å². The van der Waals surface area contributed by atoms with Crippen LogP contribution in [-0.4, -0.2) is 41.1 Å². The highest BCUT2D eigenvalue weighted by atomic mass is 16.4. The zero-order valence-electron chi connectivity index (χ0n) is 12.7. The molecule has 1 fully saturated rings. The predicted octanol–water partition coefficient (Wildman–Crippen LogP) is 2.94. The Bertz CT molecular complexity index is 684. The molecule has 114 valence electrons. The van der Waals surface area contributed by atoms with Crippen molar-refractivity contribution in [2.24, 2.45) is 5.92 Å². The van der Waals surface area contributed by atoms with Gasteiger partial charge in [0, 0.05) is 17.8 Å². The van der Waals surface area contributed by atoms with E-state index in [0.29, 0.717) is 11.5 Å². The van der Waals surface area contributed by atoms with Gasteiger partial charge in [0.15, 0.2) is 0 Å². The average Bonchev–Trinajstić information content (AvgIpc) is 2.93. The van der Waals surface area contributed by atoms with Gasteiger partial charge in [-0.3, -0.25) is 4.98 Å². The molecule has 1 unspecified atom stereocenters. The first kappa shape index (κ1) is 14.7. The van der Waals surface area contributed by atoms with Gasteiger partial charge in [0.25, 0.3) is 0 Å². The Labute approximate surface area is 130 Å². The van der Waals surface area contributed by atoms with Crippen LogP contribution in [0.5, 0.6) is 0 Å². The largest absolute Gasteiger partial charge is 0.478 e. The minimum atomic E-state index is -0.910. The molecule has 1 aliphatic rings. The summed E-state index contributed by atoms with van der Waals surface area (Å²) in [5.41, 5.74) is 3.07. The number of nitrogens with zero attached hydrogens (tertiary/aromatic N) is 2. The molecule has 0 saturated carbocycles. The van der Waals surface area contributed by atoms with Gasteiger partial charge in [0.1, 0.15) is 0 Å². The molecule has 1 aromatic heterocycles. The Balaban J connectivity index is 1.81. The second kappa shape index (κ2) is 6.28. The first-order valence-corrected chi connectivity index (χ1v) is 7.60. The number of rotatable bonds is 4. The lowest BCUT2D eigenvalue weighted by Crippen LogP contribution is -2.15. The van der Waals surface area contributed by atoms with Crippen LogP contribution in [0.3, 0.4) is 0 Å². The monoisotopic (exact) mass is 296 g/mol. The number of pyridine rings is 1. The van der Waals surface area contributed by atoms with Gasteiger partial charge in [-0.15, -0.1) is 0 Å². The van der Waals surface area contributed by atoms with E-state index in [0.717, 1.165) is 36.5 Å². The van der Waals surface area contributed by atoms with Gasteiger partial charge in [-0.1, -0.05) is 18.2 Å². The van der Waals surface area contributed by atoms with Crippen LogP contribution < -0.4 is 0 Å². The molecule has 1 saturated heterocycles. The summed E-state index contributed by atoms with van der Waals surface area (Å²) >= 11 is 0. The van der Waals surface area contributed by atoms with Gasteiger partial charge in [-0.05, 0) is 56.6 Å². The molecule has 1 atom stereocenters. The summed E-state index contributed by atoms with van der Waals surface area (Å²) < 4.78 is 0.